The largest absolute Gasteiger partial charge is 0.361 e. The Labute approximate surface area is 214 Å². The molecule has 36 heavy (non-hydrogen) atoms. The Kier molecular flexibility index (Phi) is 6.65. The third kappa shape index (κ3) is 4.66. The third-order valence-corrected chi connectivity index (χ3v) is 6.97. The highest BCUT2D eigenvalue weighted by molar-refractivity contribution is 6.36. The van der Waals surface area contributed by atoms with E-state index in [0.717, 1.165) is 40.9 Å². The van der Waals surface area contributed by atoms with Crippen LogP contribution in [-0.2, 0) is 9.59 Å². The lowest BCUT2D eigenvalue weighted by Gasteiger charge is -2.15. The lowest BCUT2D eigenvalue weighted by atomic mass is 9.94. The van der Waals surface area contributed by atoms with Crippen LogP contribution in [0.15, 0.2) is 48.7 Å². The lowest BCUT2D eigenvalue weighted by Crippen LogP contribution is -2.30. The van der Waals surface area contributed by atoms with Gasteiger partial charge in [0, 0.05) is 54.2 Å². The first-order valence-electron chi connectivity index (χ1n) is 12.1. The van der Waals surface area contributed by atoms with Crippen LogP contribution in [0.5, 0.6) is 0 Å². The molecule has 0 spiro atoms. The summed E-state index contributed by atoms with van der Waals surface area (Å²) in [6.45, 7) is 3.81. The maximum Gasteiger partial charge on any atom is 0.256 e. The van der Waals surface area contributed by atoms with E-state index in [4.69, 9.17) is 11.6 Å². The normalized spacial score (nSPS) is 15.9. The number of amides is 3. The van der Waals surface area contributed by atoms with Crippen molar-refractivity contribution in [1.82, 2.24) is 15.2 Å². The van der Waals surface area contributed by atoms with Crippen molar-refractivity contribution in [2.75, 3.05) is 25.0 Å². The van der Waals surface area contributed by atoms with Gasteiger partial charge in [-0.2, -0.15) is 0 Å². The molecule has 5 rings (SSSR count). The molecule has 3 amide bonds. The third-order valence-electron chi connectivity index (χ3n) is 6.74. The number of fused-ring (bicyclic) bond motifs is 1. The Morgan fingerprint density at radius 1 is 1.19 bits per heavy atom. The number of carbonyl (C=O) groups excluding carboxylic acids is 3. The number of likely N-dealkylation sites (tertiary alicyclic amines) is 1. The van der Waals surface area contributed by atoms with Crippen LogP contribution in [0.1, 0.15) is 46.4 Å². The van der Waals surface area contributed by atoms with Gasteiger partial charge in [-0.3, -0.25) is 14.4 Å². The topological polar surface area (TPSA) is 94.3 Å². The van der Waals surface area contributed by atoms with Crippen LogP contribution in [0, 0.1) is 6.92 Å². The fourth-order valence-corrected chi connectivity index (χ4v) is 5.02. The van der Waals surface area contributed by atoms with Gasteiger partial charge in [-0.05, 0) is 60.7 Å². The molecule has 184 valence electrons. The Balaban J connectivity index is 1.35. The van der Waals surface area contributed by atoms with E-state index in [2.05, 4.69) is 15.6 Å². The van der Waals surface area contributed by atoms with Crippen molar-refractivity contribution in [3.05, 3.63) is 76.1 Å². The van der Waals surface area contributed by atoms with Gasteiger partial charge in [0.25, 0.3) is 11.8 Å². The monoisotopic (exact) mass is 502 g/mol. The first-order chi connectivity index (χ1) is 17.4. The Morgan fingerprint density at radius 2 is 2.03 bits per heavy atom. The van der Waals surface area contributed by atoms with Crippen LogP contribution in [0.2, 0.25) is 5.02 Å². The predicted molar refractivity (Wildman–Crippen MR) is 142 cm³/mol. The van der Waals surface area contributed by atoms with Crippen LogP contribution in [0.3, 0.4) is 0 Å². The number of anilines is 1. The van der Waals surface area contributed by atoms with E-state index in [0.29, 0.717) is 47.8 Å². The first kappa shape index (κ1) is 23.9. The molecule has 3 N–H and O–H groups in total. The number of hydrogen-bond donors (Lipinski definition) is 3. The van der Waals surface area contributed by atoms with E-state index in [1.165, 1.54) is 0 Å². The summed E-state index contributed by atoms with van der Waals surface area (Å²) in [6.07, 6.45) is 5.70. The van der Waals surface area contributed by atoms with Gasteiger partial charge in [-0.25, -0.2) is 0 Å². The average Bonchev–Trinajstić information content (AvgIpc) is 3.54. The van der Waals surface area contributed by atoms with Crippen molar-refractivity contribution < 1.29 is 14.4 Å². The van der Waals surface area contributed by atoms with E-state index in [1.807, 2.05) is 54.3 Å². The number of aromatic amines is 1. The second-order valence-electron chi connectivity index (χ2n) is 9.09. The molecule has 0 radical (unpaired) electrons. The molecule has 0 bridgehead atoms. The molecule has 0 aliphatic carbocycles. The molecule has 1 saturated heterocycles. The van der Waals surface area contributed by atoms with Gasteiger partial charge in [0.1, 0.15) is 0 Å². The SMILES string of the molecule is Cc1c(C(=O)NCCCN2CCCC2=O)c[nH]c1/C=C1\C(=O)Nc2cccc(-c3cccc(Cl)c3)c21. The molecular weight excluding hydrogens is 476 g/mol. The average molecular weight is 503 g/mol. The highest BCUT2D eigenvalue weighted by atomic mass is 35.5. The van der Waals surface area contributed by atoms with Gasteiger partial charge in [0.15, 0.2) is 0 Å². The maximum atomic E-state index is 12.9. The lowest BCUT2D eigenvalue weighted by molar-refractivity contribution is -0.127. The molecule has 0 saturated carbocycles. The summed E-state index contributed by atoms with van der Waals surface area (Å²) in [4.78, 5) is 42.4. The number of hydrogen-bond acceptors (Lipinski definition) is 3. The zero-order valence-corrected chi connectivity index (χ0v) is 20.7. The molecule has 1 aromatic heterocycles. The van der Waals surface area contributed by atoms with Crippen molar-refractivity contribution in [3.8, 4) is 11.1 Å². The smallest absolute Gasteiger partial charge is 0.256 e. The Morgan fingerprint density at radius 3 is 2.81 bits per heavy atom. The fraction of sp³-hybridized carbons (Fsp3) is 0.250. The van der Waals surface area contributed by atoms with Crippen molar-refractivity contribution in [1.29, 1.82) is 0 Å². The van der Waals surface area contributed by atoms with Crippen molar-refractivity contribution in [2.45, 2.75) is 26.2 Å². The standard InChI is InChI=1S/C28H27ClN4O3/c1-17-22(27(35)30-11-5-13-33-12-4-10-25(33)34)16-31-24(17)15-21-26-20(18-6-2-7-19(29)14-18)8-3-9-23(26)32-28(21)36/h2-3,6-9,14-16,31H,4-5,10-13H2,1H3,(H,30,35)(H,32,36)/b21-15-. The predicted octanol–water partition coefficient (Wildman–Crippen LogP) is 4.88. The van der Waals surface area contributed by atoms with E-state index in [9.17, 15) is 14.4 Å². The minimum absolute atomic E-state index is 0.183. The number of nitrogens with zero attached hydrogens (tertiary/aromatic N) is 1. The summed E-state index contributed by atoms with van der Waals surface area (Å²) >= 11 is 6.22. The van der Waals surface area contributed by atoms with Gasteiger partial charge in [0.05, 0.1) is 11.1 Å². The molecule has 7 nitrogen and oxygen atoms in total. The highest BCUT2D eigenvalue weighted by Crippen LogP contribution is 2.41. The highest BCUT2D eigenvalue weighted by Gasteiger charge is 2.28. The molecular formula is C28H27ClN4O3. The number of halogens is 1. The van der Waals surface area contributed by atoms with E-state index >= 15 is 0 Å². The first-order valence-corrected chi connectivity index (χ1v) is 12.5. The molecule has 2 aliphatic heterocycles. The zero-order valence-electron chi connectivity index (χ0n) is 20.0. The van der Waals surface area contributed by atoms with Crippen LogP contribution >= 0.6 is 11.6 Å². The fourth-order valence-electron chi connectivity index (χ4n) is 4.83. The number of H-pyrrole nitrogens is 1. The summed E-state index contributed by atoms with van der Waals surface area (Å²) in [6, 6.07) is 13.3. The quantitative estimate of drug-likeness (QED) is 0.317. The number of rotatable bonds is 7. The zero-order chi connectivity index (χ0) is 25.2. The number of carbonyl (C=O) groups is 3. The van der Waals surface area contributed by atoms with Crippen LogP contribution in [0.4, 0.5) is 5.69 Å². The minimum atomic E-state index is -0.198. The van der Waals surface area contributed by atoms with Gasteiger partial charge in [0.2, 0.25) is 5.91 Å². The van der Waals surface area contributed by atoms with E-state index in [1.54, 1.807) is 12.3 Å². The molecule has 3 aromatic rings. The number of benzene rings is 2. The summed E-state index contributed by atoms with van der Waals surface area (Å²) in [5.74, 6) is -0.190. The van der Waals surface area contributed by atoms with Crippen LogP contribution in [0.25, 0.3) is 22.8 Å². The Hall–Kier alpha value is -3.84. The van der Waals surface area contributed by atoms with Gasteiger partial charge >= 0.3 is 0 Å². The Bertz CT molecular complexity index is 1390. The van der Waals surface area contributed by atoms with Crippen molar-refractivity contribution >= 4 is 46.7 Å². The van der Waals surface area contributed by atoms with Crippen LogP contribution in [-0.4, -0.2) is 47.2 Å². The van der Waals surface area contributed by atoms with E-state index < -0.39 is 0 Å². The van der Waals surface area contributed by atoms with E-state index in [-0.39, 0.29) is 17.7 Å². The molecule has 3 heterocycles. The summed E-state index contributed by atoms with van der Waals surface area (Å²) in [5.41, 5.74) is 5.87. The second kappa shape index (κ2) is 10.0. The van der Waals surface area contributed by atoms with Gasteiger partial charge in [-0.1, -0.05) is 35.9 Å². The summed E-state index contributed by atoms with van der Waals surface area (Å²) in [7, 11) is 0. The van der Waals surface area contributed by atoms with Crippen molar-refractivity contribution in [2.24, 2.45) is 0 Å². The van der Waals surface area contributed by atoms with Gasteiger partial charge < -0.3 is 20.5 Å². The number of nitrogens with one attached hydrogen (secondary N) is 3. The minimum Gasteiger partial charge on any atom is -0.361 e. The summed E-state index contributed by atoms with van der Waals surface area (Å²) < 4.78 is 0. The van der Waals surface area contributed by atoms with Gasteiger partial charge in [-0.15, -0.1) is 0 Å². The second-order valence-corrected chi connectivity index (χ2v) is 9.52. The molecule has 2 aliphatic rings. The molecule has 8 heteroatoms. The molecule has 0 atom stereocenters. The molecule has 0 unspecified atom stereocenters. The van der Waals surface area contributed by atoms with Crippen LogP contribution < -0.4 is 10.6 Å². The maximum absolute atomic E-state index is 12.9. The van der Waals surface area contributed by atoms with Crippen molar-refractivity contribution in [3.63, 3.8) is 0 Å². The molecule has 2 aromatic carbocycles. The molecule has 1 fully saturated rings. The summed E-state index contributed by atoms with van der Waals surface area (Å²) in [5, 5.41) is 6.50. The number of aromatic nitrogens is 1.